The zero-order chi connectivity index (χ0) is 15.1. The number of nitrogens with one attached hydrogen (secondary N) is 2. The first-order valence-corrected chi connectivity index (χ1v) is 7.92. The van der Waals surface area contributed by atoms with E-state index in [0.29, 0.717) is 5.69 Å². The molecule has 0 saturated carbocycles. The maximum atomic E-state index is 11.9. The van der Waals surface area contributed by atoms with Gasteiger partial charge in [-0.25, -0.2) is 4.79 Å². The van der Waals surface area contributed by atoms with E-state index in [1.165, 1.54) is 6.42 Å². The Labute approximate surface area is 126 Å². The van der Waals surface area contributed by atoms with E-state index in [1.807, 2.05) is 10.9 Å². The summed E-state index contributed by atoms with van der Waals surface area (Å²) < 4.78 is 7.53. The molecule has 1 atom stereocenters. The fourth-order valence-corrected chi connectivity index (χ4v) is 2.53. The lowest BCUT2D eigenvalue weighted by atomic mass is 10.1. The van der Waals surface area contributed by atoms with Crippen LogP contribution in [0.1, 0.15) is 46.0 Å². The molecule has 1 aliphatic rings. The monoisotopic (exact) mass is 294 g/mol. The summed E-state index contributed by atoms with van der Waals surface area (Å²) in [5.74, 6) is 0. The average molecular weight is 294 g/mol. The number of hydrogen-bond acceptors (Lipinski definition) is 3. The highest BCUT2D eigenvalue weighted by molar-refractivity contribution is 5.89. The van der Waals surface area contributed by atoms with Crippen molar-refractivity contribution in [3.8, 4) is 0 Å². The first-order chi connectivity index (χ1) is 10.2. The lowest BCUT2D eigenvalue weighted by Crippen LogP contribution is -2.37. The van der Waals surface area contributed by atoms with Crippen LogP contribution in [0.3, 0.4) is 0 Å². The van der Waals surface area contributed by atoms with Crippen molar-refractivity contribution in [1.29, 1.82) is 0 Å². The molecule has 0 aliphatic carbocycles. The van der Waals surface area contributed by atoms with Crippen LogP contribution >= 0.6 is 0 Å². The number of nitrogens with zero attached hydrogens (tertiary/aromatic N) is 2. The molecular formula is C15H26N4O2. The highest BCUT2D eigenvalue weighted by Crippen LogP contribution is 2.15. The summed E-state index contributed by atoms with van der Waals surface area (Å²) in [4.78, 5) is 11.9. The minimum absolute atomic E-state index is 0.169. The van der Waals surface area contributed by atoms with Crippen molar-refractivity contribution >= 4 is 11.7 Å². The predicted octanol–water partition coefficient (Wildman–Crippen LogP) is 2.76. The molecule has 0 radical (unpaired) electrons. The number of amides is 2. The second kappa shape index (κ2) is 8.02. The second-order valence-electron chi connectivity index (χ2n) is 5.55. The Kier molecular flexibility index (Phi) is 6.04. The molecule has 1 aromatic rings. The van der Waals surface area contributed by atoms with Crippen LogP contribution in [-0.2, 0) is 11.3 Å². The number of urea groups is 1. The molecular weight excluding hydrogens is 268 g/mol. The topological polar surface area (TPSA) is 68.2 Å². The fourth-order valence-electron chi connectivity index (χ4n) is 2.53. The van der Waals surface area contributed by atoms with Crippen LogP contribution in [0.25, 0.3) is 0 Å². The van der Waals surface area contributed by atoms with Gasteiger partial charge < -0.3 is 15.4 Å². The van der Waals surface area contributed by atoms with Crippen LogP contribution in [0.5, 0.6) is 0 Å². The van der Waals surface area contributed by atoms with E-state index in [4.69, 9.17) is 4.74 Å². The maximum Gasteiger partial charge on any atom is 0.319 e. The average Bonchev–Trinajstić information content (AvgIpc) is 2.92. The van der Waals surface area contributed by atoms with Gasteiger partial charge in [0.25, 0.3) is 0 Å². The van der Waals surface area contributed by atoms with Gasteiger partial charge in [-0.1, -0.05) is 13.8 Å². The Morgan fingerprint density at radius 2 is 2.29 bits per heavy atom. The molecule has 2 heterocycles. The van der Waals surface area contributed by atoms with Gasteiger partial charge in [0.1, 0.15) is 0 Å². The molecule has 6 heteroatoms. The van der Waals surface area contributed by atoms with Crippen LogP contribution in [-0.4, -0.2) is 34.6 Å². The number of ether oxygens (including phenoxy) is 1. The van der Waals surface area contributed by atoms with E-state index >= 15 is 0 Å². The molecule has 2 rings (SSSR count). The normalized spacial score (nSPS) is 18.7. The molecule has 0 spiro atoms. The van der Waals surface area contributed by atoms with E-state index in [-0.39, 0.29) is 18.2 Å². The number of hydrogen-bond donors (Lipinski definition) is 2. The van der Waals surface area contributed by atoms with Crippen molar-refractivity contribution in [3.05, 3.63) is 12.4 Å². The summed E-state index contributed by atoms with van der Waals surface area (Å²) in [7, 11) is 0. The minimum atomic E-state index is -0.169. The van der Waals surface area contributed by atoms with Gasteiger partial charge in [0.05, 0.1) is 24.5 Å². The molecule has 0 bridgehead atoms. The number of carbonyl (C=O) groups is 1. The molecule has 6 nitrogen and oxygen atoms in total. The van der Waals surface area contributed by atoms with Crippen LogP contribution in [0.15, 0.2) is 12.4 Å². The minimum Gasteiger partial charge on any atom is -0.376 e. The lowest BCUT2D eigenvalue weighted by molar-refractivity contribution is 0.00401. The third kappa shape index (κ3) is 5.04. The Morgan fingerprint density at radius 3 is 2.95 bits per heavy atom. The summed E-state index contributed by atoms with van der Waals surface area (Å²) >= 11 is 0. The highest BCUT2D eigenvalue weighted by atomic mass is 16.5. The number of rotatable bonds is 6. The summed E-state index contributed by atoms with van der Waals surface area (Å²) in [6, 6.07) is 0.0489. The quantitative estimate of drug-likeness (QED) is 0.847. The van der Waals surface area contributed by atoms with Crippen LogP contribution in [0.2, 0.25) is 0 Å². The van der Waals surface area contributed by atoms with Gasteiger partial charge in [0, 0.05) is 18.8 Å². The van der Waals surface area contributed by atoms with Crippen molar-refractivity contribution in [2.75, 3.05) is 11.9 Å². The Hall–Kier alpha value is -1.56. The van der Waals surface area contributed by atoms with Gasteiger partial charge in [-0.2, -0.15) is 5.10 Å². The number of anilines is 1. The molecule has 1 aromatic heterocycles. The van der Waals surface area contributed by atoms with Crippen molar-refractivity contribution in [3.63, 3.8) is 0 Å². The van der Waals surface area contributed by atoms with Crippen molar-refractivity contribution in [1.82, 2.24) is 15.1 Å². The largest absolute Gasteiger partial charge is 0.376 e. The molecule has 21 heavy (non-hydrogen) atoms. The van der Waals surface area contributed by atoms with Gasteiger partial charge >= 0.3 is 6.03 Å². The molecule has 118 valence electrons. The molecule has 1 fully saturated rings. The zero-order valence-electron chi connectivity index (χ0n) is 13.0. The van der Waals surface area contributed by atoms with Gasteiger partial charge in [-0.3, -0.25) is 4.68 Å². The highest BCUT2D eigenvalue weighted by Gasteiger charge is 2.15. The SMILES string of the molecule is CCC(CC)NC(=O)Nc1cnn(CC2CCCCO2)c1. The molecule has 1 unspecified atom stereocenters. The third-order valence-electron chi connectivity index (χ3n) is 3.88. The standard InChI is InChI=1S/C15H26N4O2/c1-3-12(4-2)17-15(20)18-13-9-16-19(10-13)11-14-7-5-6-8-21-14/h9-10,12,14H,3-8,11H2,1-2H3,(H2,17,18,20). The molecule has 0 aromatic carbocycles. The summed E-state index contributed by atoms with van der Waals surface area (Å²) in [6.45, 7) is 5.72. The Morgan fingerprint density at radius 1 is 1.48 bits per heavy atom. The van der Waals surface area contributed by atoms with E-state index in [9.17, 15) is 4.79 Å². The molecule has 2 amide bonds. The molecule has 1 aliphatic heterocycles. The van der Waals surface area contributed by atoms with Crippen molar-refractivity contribution < 1.29 is 9.53 Å². The van der Waals surface area contributed by atoms with E-state index in [2.05, 4.69) is 29.6 Å². The summed E-state index contributed by atoms with van der Waals surface area (Å²) in [5, 5.41) is 10.0. The Balaban J connectivity index is 1.80. The summed E-state index contributed by atoms with van der Waals surface area (Å²) in [5.41, 5.74) is 0.717. The van der Waals surface area contributed by atoms with E-state index in [1.54, 1.807) is 6.20 Å². The number of carbonyl (C=O) groups excluding carboxylic acids is 1. The predicted molar refractivity (Wildman–Crippen MR) is 82.3 cm³/mol. The van der Waals surface area contributed by atoms with Gasteiger partial charge in [0.15, 0.2) is 0 Å². The summed E-state index contributed by atoms with van der Waals surface area (Å²) in [6.07, 6.45) is 9.08. The second-order valence-corrected chi connectivity index (χ2v) is 5.55. The van der Waals surface area contributed by atoms with Crippen LogP contribution < -0.4 is 10.6 Å². The first kappa shape index (κ1) is 15.8. The third-order valence-corrected chi connectivity index (χ3v) is 3.88. The van der Waals surface area contributed by atoms with E-state index in [0.717, 1.165) is 38.8 Å². The lowest BCUT2D eigenvalue weighted by Gasteiger charge is -2.22. The molecule has 2 N–H and O–H groups in total. The zero-order valence-corrected chi connectivity index (χ0v) is 13.0. The van der Waals surface area contributed by atoms with Crippen LogP contribution in [0, 0.1) is 0 Å². The molecule has 1 saturated heterocycles. The van der Waals surface area contributed by atoms with Crippen molar-refractivity contribution in [2.24, 2.45) is 0 Å². The van der Waals surface area contributed by atoms with Crippen LogP contribution in [0.4, 0.5) is 10.5 Å². The van der Waals surface area contributed by atoms with Gasteiger partial charge in [-0.15, -0.1) is 0 Å². The maximum absolute atomic E-state index is 11.9. The Bertz CT molecular complexity index is 437. The number of aromatic nitrogens is 2. The van der Waals surface area contributed by atoms with Gasteiger partial charge in [0.2, 0.25) is 0 Å². The fraction of sp³-hybridized carbons (Fsp3) is 0.733. The first-order valence-electron chi connectivity index (χ1n) is 7.92. The van der Waals surface area contributed by atoms with Crippen molar-refractivity contribution in [2.45, 2.75) is 64.6 Å². The van der Waals surface area contributed by atoms with Gasteiger partial charge in [-0.05, 0) is 32.1 Å². The smallest absolute Gasteiger partial charge is 0.319 e. The van der Waals surface area contributed by atoms with E-state index < -0.39 is 0 Å².